The summed E-state index contributed by atoms with van der Waals surface area (Å²) in [7, 11) is 0. The van der Waals surface area contributed by atoms with E-state index in [-0.39, 0.29) is 11.9 Å². The number of benzene rings is 2. The van der Waals surface area contributed by atoms with Gasteiger partial charge in [0.2, 0.25) is 0 Å². The number of thioether (sulfide) groups is 1. The van der Waals surface area contributed by atoms with E-state index in [0.717, 1.165) is 23.7 Å². The van der Waals surface area contributed by atoms with Gasteiger partial charge in [0.1, 0.15) is 5.82 Å². The molecule has 1 atom stereocenters. The van der Waals surface area contributed by atoms with Crippen molar-refractivity contribution in [2.75, 3.05) is 18.1 Å². The maximum atomic E-state index is 13.3. The predicted octanol–water partition coefficient (Wildman–Crippen LogP) is 3.81. The monoisotopic (exact) mass is 289 g/mol. The first-order chi connectivity index (χ1) is 9.72. The van der Waals surface area contributed by atoms with E-state index >= 15 is 0 Å². The molecule has 0 saturated carbocycles. The van der Waals surface area contributed by atoms with Crippen molar-refractivity contribution in [3.63, 3.8) is 0 Å². The first-order valence-electron chi connectivity index (χ1n) is 6.60. The Morgan fingerprint density at radius 2 is 2.10 bits per heavy atom. The third-order valence-electron chi connectivity index (χ3n) is 3.39. The third-order valence-corrected chi connectivity index (χ3v) is 4.43. The molecular weight excluding hydrogens is 273 g/mol. The fraction of sp³-hybridized carbons (Fsp3) is 0.250. The Morgan fingerprint density at radius 3 is 2.95 bits per heavy atom. The fourth-order valence-electron chi connectivity index (χ4n) is 2.45. The van der Waals surface area contributed by atoms with E-state index in [1.54, 1.807) is 17.8 Å². The minimum Gasteiger partial charge on any atom is -0.399 e. The summed E-state index contributed by atoms with van der Waals surface area (Å²) >= 11 is 1.57. The minimum absolute atomic E-state index is 0.0643. The van der Waals surface area contributed by atoms with E-state index in [2.05, 4.69) is 18.2 Å². The lowest BCUT2D eigenvalue weighted by Gasteiger charge is -2.25. The van der Waals surface area contributed by atoms with Crippen LogP contribution in [0.3, 0.4) is 0 Å². The molecule has 1 unspecified atom stereocenters. The summed E-state index contributed by atoms with van der Waals surface area (Å²) in [4.78, 5) is 0.842. The van der Waals surface area contributed by atoms with Crippen LogP contribution >= 0.6 is 11.8 Å². The van der Waals surface area contributed by atoms with Crippen molar-refractivity contribution in [2.45, 2.75) is 17.4 Å². The van der Waals surface area contributed by atoms with Gasteiger partial charge in [-0.05, 0) is 35.7 Å². The van der Waals surface area contributed by atoms with Crippen molar-refractivity contribution < 1.29 is 9.13 Å². The lowest BCUT2D eigenvalue weighted by molar-refractivity contribution is 0.0588. The number of nitrogens with two attached hydrogens (primary N) is 1. The van der Waals surface area contributed by atoms with Gasteiger partial charge < -0.3 is 10.5 Å². The van der Waals surface area contributed by atoms with Crippen molar-refractivity contribution in [3.05, 3.63) is 59.4 Å². The van der Waals surface area contributed by atoms with Crippen LogP contribution in [-0.2, 0) is 11.2 Å². The highest BCUT2D eigenvalue weighted by molar-refractivity contribution is 7.99. The third kappa shape index (κ3) is 2.97. The molecule has 0 spiro atoms. The number of hydrogen-bond acceptors (Lipinski definition) is 3. The molecule has 0 aromatic heterocycles. The molecule has 0 fully saturated rings. The summed E-state index contributed by atoms with van der Waals surface area (Å²) in [5, 5.41) is 0. The Hall–Kier alpha value is -1.52. The van der Waals surface area contributed by atoms with Crippen molar-refractivity contribution in [1.82, 2.24) is 0 Å². The van der Waals surface area contributed by atoms with Gasteiger partial charge in [0.05, 0.1) is 12.7 Å². The van der Waals surface area contributed by atoms with Crippen molar-refractivity contribution >= 4 is 17.4 Å². The highest BCUT2D eigenvalue weighted by atomic mass is 32.2. The van der Waals surface area contributed by atoms with E-state index in [0.29, 0.717) is 5.69 Å². The molecule has 0 aliphatic carbocycles. The highest BCUT2D eigenvalue weighted by Gasteiger charge is 2.20. The van der Waals surface area contributed by atoms with Gasteiger partial charge in [0, 0.05) is 16.3 Å². The maximum absolute atomic E-state index is 13.3. The van der Waals surface area contributed by atoms with Crippen LogP contribution in [0.2, 0.25) is 0 Å². The normalized spacial score (nSPS) is 17.8. The highest BCUT2D eigenvalue weighted by Crippen LogP contribution is 2.33. The average molecular weight is 289 g/mol. The summed E-state index contributed by atoms with van der Waals surface area (Å²) in [5.74, 6) is 0.470. The van der Waals surface area contributed by atoms with Crippen molar-refractivity contribution in [3.8, 4) is 0 Å². The van der Waals surface area contributed by atoms with Crippen molar-refractivity contribution in [2.24, 2.45) is 0 Å². The first kappa shape index (κ1) is 13.5. The van der Waals surface area contributed by atoms with E-state index in [1.165, 1.54) is 23.3 Å². The Kier molecular flexibility index (Phi) is 3.94. The number of nitrogen functional groups attached to an aromatic ring is 1. The number of ether oxygens (including phenoxy) is 1. The molecule has 1 heterocycles. The second-order valence-electron chi connectivity index (χ2n) is 4.84. The van der Waals surface area contributed by atoms with Gasteiger partial charge in [-0.1, -0.05) is 24.3 Å². The van der Waals surface area contributed by atoms with E-state index in [4.69, 9.17) is 10.5 Å². The Balaban J connectivity index is 1.73. The van der Waals surface area contributed by atoms with Crippen LogP contribution < -0.4 is 5.73 Å². The summed E-state index contributed by atoms with van der Waals surface area (Å²) in [6.45, 7) is 0.744. The summed E-state index contributed by atoms with van der Waals surface area (Å²) in [5.41, 5.74) is 8.71. The summed E-state index contributed by atoms with van der Waals surface area (Å²) in [6.07, 6.45) is 1.03. The SMILES string of the molecule is Nc1cc(F)cc(SCC2OCCc3ccccc32)c1. The van der Waals surface area contributed by atoms with E-state index in [1.807, 2.05) is 6.07 Å². The zero-order valence-corrected chi connectivity index (χ0v) is 11.8. The van der Waals surface area contributed by atoms with Crippen LogP contribution in [0.5, 0.6) is 0 Å². The smallest absolute Gasteiger partial charge is 0.126 e. The molecule has 1 aliphatic heterocycles. The molecule has 104 valence electrons. The van der Waals surface area contributed by atoms with Crippen LogP contribution in [0.1, 0.15) is 17.2 Å². The van der Waals surface area contributed by atoms with Crippen LogP contribution in [0, 0.1) is 5.82 Å². The zero-order chi connectivity index (χ0) is 13.9. The zero-order valence-electron chi connectivity index (χ0n) is 11.0. The molecule has 0 saturated heterocycles. The number of rotatable bonds is 3. The minimum atomic E-state index is -0.294. The number of fused-ring (bicyclic) bond motifs is 1. The Labute approximate surface area is 122 Å². The summed E-state index contributed by atoms with van der Waals surface area (Å²) in [6, 6.07) is 13.0. The molecule has 0 amide bonds. The molecular formula is C16H16FNOS. The van der Waals surface area contributed by atoms with Gasteiger partial charge >= 0.3 is 0 Å². The molecule has 20 heavy (non-hydrogen) atoms. The van der Waals surface area contributed by atoms with Gasteiger partial charge in [0.25, 0.3) is 0 Å². The largest absolute Gasteiger partial charge is 0.399 e. The van der Waals surface area contributed by atoms with Gasteiger partial charge in [-0.15, -0.1) is 11.8 Å². The molecule has 2 aromatic carbocycles. The first-order valence-corrected chi connectivity index (χ1v) is 7.59. The Bertz CT molecular complexity index is 597. The average Bonchev–Trinajstić information content (AvgIpc) is 2.44. The molecule has 2 N–H and O–H groups in total. The topological polar surface area (TPSA) is 35.2 Å². The van der Waals surface area contributed by atoms with Crippen LogP contribution in [0.15, 0.2) is 47.4 Å². The Morgan fingerprint density at radius 1 is 1.25 bits per heavy atom. The van der Waals surface area contributed by atoms with Gasteiger partial charge in [-0.3, -0.25) is 0 Å². The molecule has 0 bridgehead atoms. The molecule has 4 heteroatoms. The second kappa shape index (κ2) is 5.85. The summed E-state index contributed by atoms with van der Waals surface area (Å²) < 4.78 is 19.1. The number of anilines is 1. The lowest BCUT2D eigenvalue weighted by Crippen LogP contribution is -2.17. The van der Waals surface area contributed by atoms with Gasteiger partial charge in [0.15, 0.2) is 0 Å². The number of hydrogen-bond donors (Lipinski definition) is 1. The van der Waals surface area contributed by atoms with Crippen molar-refractivity contribution in [1.29, 1.82) is 0 Å². The standard InChI is InChI=1S/C16H16FNOS/c17-12-7-13(18)9-14(8-12)20-10-16-15-4-2-1-3-11(15)5-6-19-16/h1-4,7-9,16H,5-6,10,18H2. The molecule has 2 aromatic rings. The molecule has 1 aliphatic rings. The fourth-order valence-corrected chi connectivity index (χ4v) is 3.49. The maximum Gasteiger partial charge on any atom is 0.126 e. The lowest BCUT2D eigenvalue weighted by atomic mass is 9.99. The van der Waals surface area contributed by atoms with Gasteiger partial charge in [-0.2, -0.15) is 0 Å². The van der Waals surface area contributed by atoms with E-state index < -0.39 is 0 Å². The van der Waals surface area contributed by atoms with Crippen LogP contribution in [0.25, 0.3) is 0 Å². The molecule has 2 nitrogen and oxygen atoms in total. The molecule has 3 rings (SSSR count). The number of halogens is 1. The van der Waals surface area contributed by atoms with Crippen LogP contribution in [-0.4, -0.2) is 12.4 Å². The second-order valence-corrected chi connectivity index (χ2v) is 5.93. The predicted molar refractivity (Wildman–Crippen MR) is 80.4 cm³/mol. The quantitative estimate of drug-likeness (QED) is 0.689. The van der Waals surface area contributed by atoms with E-state index in [9.17, 15) is 4.39 Å². The molecule has 0 radical (unpaired) electrons. The van der Waals surface area contributed by atoms with Crippen LogP contribution in [0.4, 0.5) is 10.1 Å². The van der Waals surface area contributed by atoms with Gasteiger partial charge in [-0.25, -0.2) is 4.39 Å².